The largest absolute Gasteiger partial charge is 0.383 e. The fourth-order valence-corrected chi connectivity index (χ4v) is 2.15. The number of hydrogen-bond donors (Lipinski definition) is 2. The normalized spacial score (nSPS) is 15.2. The number of hydrogen-bond acceptors (Lipinski definition) is 3. The topological polar surface area (TPSA) is 36.4 Å². The fraction of sp³-hybridized carbons (Fsp3) is 0.400. The highest BCUT2D eigenvalue weighted by molar-refractivity contribution is 6.32. The molecule has 0 radical (unpaired) electrons. The lowest BCUT2D eigenvalue weighted by Crippen LogP contribution is -2.40. The van der Waals surface area contributed by atoms with E-state index in [4.69, 9.17) is 11.6 Å². The standard InChI is InChI=1S/C15H20ClN3.ClH/c1-15(2,3)19-14-10-13(17-8-9-18-14)11-6-4-5-7-12(11)16;/h4-7,10,17H,8-9H2,1-3H3,(H,18,19);1H. The minimum absolute atomic E-state index is 0. The summed E-state index contributed by atoms with van der Waals surface area (Å²) in [5.41, 5.74) is 2.01. The zero-order chi connectivity index (χ0) is 13.9. The summed E-state index contributed by atoms with van der Waals surface area (Å²) in [6.45, 7) is 7.93. The Hall–Kier alpha value is -1.19. The molecule has 0 spiro atoms. The third-order valence-corrected chi connectivity index (χ3v) is 2.99. The van der Waals surface area contributed by atoms with Gasteiger partial charge in [-0.1, -0.05) is 29.8 Å². The Balaban J connectivity index is 0.00000200. The van der Waals surface area contributed by atoms with Gasteiger partial charge in [0.1, 0.15) is 5.84 Å². The Morgan fingerprint density at radius 1 is 1.25 bits per heavy atom. The molecule has 0 saturated heterocycles. The van der Waals surface area contributed by atoms with Crippen LogP contribution in [0.5, 0.6) is 0 Å². The summed E-state index contributed by atoms with van der Waals surface area (Å²) in [6.07, 6.45) is 2.03. The molecule has 1 aromatic rings. The number of aliphatic imine (C=N–C) groups is 1. The van der Waals surface area contributed by atoms with Gasteiger partial charge in [-0.25, -0.2) is 0 Å². The first-order valence-electron chi connectivity index (χ1n) is 6.49. The molecule has 0 aromatic heterocycles. The van der Waals surface area contributed by atoms with Crippen molar-refractivity contribution in [3.63, 3.8) is 0 Å². The van der Waals surface area contributed by atoms with Crippen LogP contribution < -0.4 is 10.6 Å². The SMILES string of the molecule is CC(C)(C)NC1=NCCNC(c2ccccc2Cl)=C1.Cl. The summed E-state index contributed by atoms with van der Waals surface area (Å²) >= 11 is 6.25. The number of halogens is 2. The molecule has 0 amide bonds. The Morgan fingerprint density at radius 3 is 2.60 bits per heavy atom. The van der Waals surface area contributed by atoms with Crippen molar-refractivity contribution >= 4 is 35.5 Å². The Morgan fingerprint density at radius 2 is 1.95 bits per heavy atom. The van der Waals surface area contributed by atoms with Crippen LogP contribution in [-0.4, -0.2) is 24.5 Å². The molecule has 2 N–H and O–H groups in total. The number of amidine groups is 1. The summed E-state index contributed by atoms with van der Waals surface area (Å²) in [4.78, 5) is 4.54. The van der Waals surface area contributed by atoms with Gasteiger partial charge in [0.25, 0.3) is 0 Å². The highest BCUT2D eigenvalue weighted by atomic mass is 35.5. The smallest absolute Gasteiger partial charge is 0.123 e. The molecule has 2 rings (SSSR count). The molecule has 0 unspecified atom stereocenters. The van der Waals surface area contributed by atoms with Crippen LogP contribution in [0.4, 0.5) is 0 Å². The van der Waals surface area contributed by atoms with Crippen LogP contribution in [0.2, 0.25) is 5.02 Å². The van der Waals surface area contributed by atoms with E-state index in [2.05, 4.69) is 36.4 Å². The van der Waals surface area contributed by atoms with Crippen LogP contribution in [0.15, 0.2) is 35.3 Å². The molecule has 3 nitrogen and oxygen atoms in total. The second-order valence-corrected chi connectivity index (χ2v) is 6.01. The van der Waals surface area contributed by atoms with Crippen molar-refractivity contribution in [3.05, 3.63) is 40.9 Å². The van der Waals surface area contributed by atoms with Crippen molar-refractivity contribution in [2.45, 2.75) is 26.3 Å². The van der Waals surface area contributed by atoms with E-state index < -0.39 is 0 Å². The lowest BCUT2D eigenvalue weighted by atomic mass is 10.1. The van der Waals surface area contributed by atoms with E-state index in [1.807, 2.05) is 30.3 Å². The molecule has 1 heterocycles. The highest BCUT2D eigenvalue weighted by Gasteiger charge is 2.14. The molecule has 5 heteroatoms. The van der Waals surface area contributed by atoms with E-state index in [1.54, 1.807) is 0 Å². The first kappa shape index (κ1) is 16.9. The third-order valence-electron chi connectivity index (χ3n) is 2.66. The molecule has 1 aliphatic rings. The van der Waals surface area contributed by atoms with E-state index in [1.165, 1.54) is 0 Å². The number of nitrogens with one attached hydrogen (secondary N) is 2. The molecule has 110 valence electrons. The van der Waals surface area contributed by atoms with Crippen molar-refractivity contribution in [2.75, 3.05) is 13.1 Å². The molecule has 0 atom stereocenters. The molecule has 0 aliphatic carbocycles. The lowest BCUT2D eigenvalue weighted by Gasteiger charge is -2.22. The average molecular weight is 314 g/mol. The van der Waals surface area contributed by atoms with Crippen LogP contribution in [0, 0.1) is 0 Å². The number of nitrogens with zero attached hydrogens (tertiary/aromatic N) is 1. The molecule has 1 aromatic carbocycles. The maximum absolute atomic E-state index is 6.25. The minimum Gasteiger partial charge on any atom is -0.383 e. The Kier molecular flexibility index (Phi) is 5.90. The van der Waals surface area contributed by atoms with Crippen LogP contribution in [0.1, 0.15) is 26.3 Å². The van der Waals surface area contributed by atoms with Gasteiger partial charge in [-0.3, -0.25) is 4.99 Å². The molecule has 0 saturated carbocycles. The summed E-state index contributed by atoms with van der Waals surface area (Å²) in [6, 6.07) is 7.84. The van der Waals surface area contributed by atoms with Crippen molar-refractivity contribution in [3.8, 4) is 0 Å². The highest BCUT2D eigenvalue weighted by Crippen LogP contribution is 2.22. The second kappa shape index (κ2) is 7.00. The van der Waals surface area contributed by atoms with Gasteiger partial charge in [-0.05, 0) is 26.8 Å². The van der Waals surface area contributed by atoms with Crippen LogP contribution in [-0.2, 0) is 0 Å². The van der Waals surface area contributed by atoms with E-state index in [9.17, 15) is 0 Å². The first-order chi connectivity index (χ1) is 8.96. The zero-order valence-corrected chi connectivity index (χ0v) is 13.6. The van der Waals surface area contributed by atoms with E-state index in [0.29, 0.717) is 0 Å². The molecular formula is C15H21Cl2N3. The monoisotopic (exact) mass is 313 g/mol. The zero-order valence-electron chi connectivity index (χ0n) is 12.0. The molecule has 1 aliphatic heterocycles. The molecule has 20 heavy (non-hydrogen) atoms. The Bertz CT molecular complexity index is 516. The van der Waals surface area contributed by atoms with E-state index >= 15 is 0 Å². The predicted molar refractivity (Wildman–Crippen MR) is 89.9 cm³/mol. The molecule has 0 bridgehead atoms. The van der Waals surface area contributed by atoms with Gasteiger partial charge >= 0.3 is 0 Å². The van der Waals surface area contributed by atoms with E-state index in [0.717, 1.165) is 35.2 Å². The summed E-state index contributed by atoms with van der Waals surface area (Å²) in [7, 11) is 0. The van der Waals surface area contributed by atoms with Gasteiger partial charge in [0.05, 0.1) is 6.54 Å². The predicted octanol–water partition coefficient (Wildman–Crippen LogP) is 3.49. The maximum Gasteiger partial charge on any atom is 0.123 e. The van der Waals surface area contributed by atoms with Gasteiger partial charge in [0, 0.05) is 34.4 Å². The van der Waals surface area contributed by atoms with Gasteiger partial charge in [0.2, 0.25) is 0 Å². The van der Waals surface area contributed by atoms with Crippen LogP contribution >= 0.6 is 24.0 Å². The quantitative estimate of drug-likeness (QED) is 0.832. The van der Waals surface area contributed by atoms with Crippen molar-refractivity contribution in [1.82, 2.24) is 10.6 Å². The van der Waals surface area contributed by atoms with Crippen molar-refractivity contribution in [2.24, 2.45) is 4.99 Å². The minimum atomic E-state index is -0.00866. The van der Waals surface area contributed by atoms with Gasteiger partial charge in [-0.2, -0.15) is 0 Å². The van der Waals surface area contributed by atoms with E-state index in [-0.39, 0.29) is 17.9 Å². The van der Waals surface area contributed by atoms with Gasteiger partial charge < -0.3 is 10.6 Å². The van der Waals surface area contributed by atoms with Crippen molar-refractivity contribution < 1.29 is 0 Å². The average Bonchev–Trinajstić information content (AvgIpc) is 2.53. The van der Waals surface area contributed by atoms with Gasteiger partial charge in [-0.15, -0.1) is 12.4 Å². The molecular weight excluding hydrogens is 293 g/mol. The van der Waals surface area contributed by atoms with Crippen LogP contribution in [0.3, 0.4) is 0 Å². The summed E-state index contributed by atoms with van der Waals surface area (Å²) < 4.78 is 0. The maximum atomic E-state index is 6.25. The lowest BCUT2D eigenvalue weighted by molar-refractivity contribution is 0.512. The first-order valence-corrected chi connectivity index (χ1v) is 6.87. The van der Waals surface area contributed by atoms with Gasteiger partial charge in [0.15, 0.2) is 0 Å². The van der Waals surface area contributed by atoms with Crippen molar-refractivity contribution in [1.29, 1.82) is 0 Å². The third kappa shape index (κ3) is 4.73. The Labute approximate surface area is 131 Å². The van der Waals surface area contributed by atoms with Crippen LogP contribution in [0.25, 0.3) is 5.70 Å². The number of benzene rings is 1. The second-order valence-electron chi connectivity index (χ2n) is 5.61. The fourth-order valence-electron chi connectivity index (χ4n) is 1.91. The molecule has 0 fully saturated rings. The summed E-state index contributed by atoms with van der Waals surface area (Å²) in [5.74, 6) is 0.896. The summed E-state index contributed by atoms with van der Waals surface area (Å²) in [5, 5.41) is 7.53. The number of rotatable bonds is 1.